The summed E-state index contributed by atoms with van der Waals surface area (Å²) in [6.45, 7) is 5.34. The SMILES string of the molecule is CCCCCCN=C(N)N1CCCCC1. The van der Waals surface area contributed by atoms with Crippen LogP contribution >= 0.6 is 0 Å². The van der Waals surface area contributed by atoms with Gasteiger partial charge in [-0.1, -0.05) is 26.2 Å². The maximum Gasteiger partial charge on any atom is 0.191 e. The van der Waals surface area contributed by atoms with Crippen molar-refractivity contribution in [2.24, 2.45) is 10.7 Å². The number of piperidine rings is 1. The molecule has 0 spiro atoms. The molecule has 0 amide bonds. The van der Waals surface area contributed by atoms with Crippen LogP contribution in [-0.2, 0) is 0 Å². The molecule has 0 unspecified atom stereocenters. The van der Waals surface area contributed by atoms with Crippen LogP contribution < -0.4 is 5.73 Å². The summed E-state index contributed by atoms with van der Waals surface area (Å²) in [5, 5.41) is 0. The summed E-state index contributed by atoms with van der Waals surface area (Å²) in [6, 6.07) is 0. The molecule has 3 nitrogen and oxygen atoms in total. The zero-order chi connectivity index (χ0) is 10.9. The van der Waals surface area contributed by atoms with Gasteiger partial charge >= 0.3 is 0 Å². The molecule has 0 radical (unpaired) electrons. The van der Waals surface area contributed by atoms with Crippen LogP contribution in [0.2, 0.25) is 0 Å². The third-order valence-corrected chi connectivity index (χ3v) is 2.97. The van der Waals surface area contributed by atoms with Crippen molar-refractivity contribution in [3.05, 3.63) is 0 Å². The first-order valence-corrected chi connectivity index (χ1v) is 6.39. The number of nitrogens with two attached hydrogens (primary N) is 1. The number of aliphatic imine (C=N–C) groups is 1. The molecule has 0 aromatic heterocycles. The molecular weight excluding hydrogens is 186 g/mol. The Kier molecular flexibility index (Phi) is 6.21. The molecule has 15 heavy (non-hydrogen) atoms. The van der Waals surface area contributed by atoms with Gasteiger partial charge in [-0.25, -0.2) is 0 Å². The molecule has 1 aliphatic heterocycles. The van der Waals surface area contributed by atoms with Crippen molar-refractivity contribution in [3.8, 4) is 0 Å². The molecule has 3 heteroatoms. The largest absolute Gasteiger partial charge is 0.370 e. The first-order chi connectivity index (χ1) is 7.34. The van der Waals surface area contributed by atoms with E-state index in [4.69, 9.17) is 5.73 Å². The summed E-state index contributed by atoms with van der Waals surface area (Å²) in [4.78, 5) is 6.67. The zero-order valence-electron chi connectivity index (χ0n) is 10.0. The molecule has 0 bridgehead atoms. The fourth-order valence-corrected chi connectivity index (χ4v) is 1.96. The minimum absolute atomic E-state index is 0.770. The second kappa shape index (κ2) is 7.55. The normalized spacial score (nSPS) is 18.2. The lowest BCUT2D eigenvalue weighted by Crippen LogP contribution is -2.40. The summed E-state index contributed by atoms with van der Waals surface area (Å²) in [7, 11) is 0. The quantitative estimate of drug-likeness (QED) is 0.431. The third-order valence-electron chi connectivity index (χ3n) is 2.97. The van der Waals surface area contributed by atoms with Crippen molar-refractivity contribution < 1.29 is 0 Å². The molecule has 0 aromatic rings. The molecule has 0 atom stereocenters. The van der Waals surface area contributed by atoms with E-state index in [1.165, 1.54) is 44.9 Å². The van der Waals surface area contributed by atoms with Crippen molar-refractivity contribution in [1.82, 2.24) is 4.90 Å². The van der Waals surface area contributed by atoms with Gasteiger partial charge in [0.15, 0.2) is 5.96 Å². The minimum atomic E-state index is 0.770. The highest BCUT2D eigenvalue weighted by Gasteiger charge is 2.11. The lowest BCUT2D eigenvalue weighted by Gasteiger charge is -2.27. The maximum atomic E-state index is 5.94. The first kappa shape index (κ1) is 12.3. The highest BCUT2D eigenvalue weighted by Crippen LogP contribution is 2.08. The Morgan fingerprint density at radius 2 is 1.87 bits per heavy atom. The Hall–Kier alpha value is -0.730. The molecule has 1 saturated heterocycles. The Bertz CT molecular complexity index is 183. The minimum Gasteiger partial charge on any atom is -0.370 e. The highest BCUT2D eigenvalue weighted by atomic mass is 15.2. The predicted molar refractivity (Wildman–Crippen MR) is 66.1 cm³/mol. The van der Waals surface area contributed by atoms with Crippen LogP contribution in [0.1, 0.15) is 51.9 Å². The van der Waals surface area contributed by atoms with Crippen molar-refractivity contribution in [3.63, 3.8) is 0 Å². The van der Waals surface area contributed by atoms with Gasteiger partial charge in [-0.3, -0.25) is 4.99 Å². The predicted octanol–water partition coefficient (Wildman–Crippen LogP) is 2.37. The first-order valence-electron chi connectivity index (χ1n) is 6.39. The van der Waals surface area contributed by atoms with Gasteiger partial charge in [-0.05, 0) is 25.7 Å². The van der Waals surface area contributed by atoms with E-state index in [1.54, 1.807) is 0 Å². The second-order valence-corrected chi connectivity index (χ2v) is 4.35. The molecule has 88 valence electrons. The van der Waals surface area contributed by atoms with Gasteiger partial charge in [0, 0.05) is 19.6 Å². The van der Waals surface area contributed by atoms with Crippen molar-refractivity contribution in [2.45, 2.75) is 51.9 Å². The fraction of sp³-hybridized carbons (Fsp3) is 0.917. The van der Waals surface area contributed by atoms with E-state index in [9.17, 15) is 0 Å². The average Bonchev–Trinajstić information content (AvgIpc) is 2.30. The number of guanidine groups is 1. The number of hydrogen-bond donors (Lipinski definition) is 1. The monoisotopic (exact) mass is 211 g/mol. The lowest BCUT2D eigenvalue weighted by molar-refractivity contribution is 0.338. The number of nitrogens with zero attached hydrogens (tertiary/aromatic N) is 2. The molecular formula is C12H25N3. The molecule has 1 rings (SSSR count). The average molecular weight is 211 g/mol. The summed E-state index contributed by atoms with van der Waals surface area (Å²) in [6.07, 6.45) is 8.96. The van der Waals surface area contributed by atoms with Crippen molar-refractivity contribution in [1.29, 1.82) is 0 Å². The van der Waals surface area contributed by atoms with E-state index in [1.807, 2.05) is 0 Å². The number of rotatable bonds is 5. The smallest absolute Gasteiger partial charge is 0.191 e. The topological polar surface area (TPSA) is 41.6 Å². The molecule has 1 heterocycles. The Balaban J connectivity index is 2.13. The number of likely N-dealkylation sites (tertiary alicyclic amines) is 1. The summed E-state index contributed by atoms with van der Waals surface area (Å²) < 4.78 is 0. The number of hydrogen-bond acceptors (Lipinski definition) is 1. The summed E-state index contributed by atoms with van der Waals surface area (Å²) in [5.41, 5.74) is 5.94. The third kappa shape index (κ3) is 5.05. The van der Waals surface area contributed by atoms with E-state index in [0.717, 1.165) is 25.6 Å². The molecule has 0 saturated carbocycles. The van der Waals surface area contributed by atoms with Crippen LogP contribution in [0, 0.1) is 0 Å². The van der Waals surface area contributed by atoms with Gasteiger partial charge < -0.3 is 10.6 Å². The lowest BCUT2D eigenvalue weighted by atomic mass is 10.1. The molecule has 0 aromatic carbocycles. The molecule has 2 N–H and O–H groups in total. The zero-order valence-corrected chi connectivity index (χ0v) is 10.0. The van der Waals surface area contributed by atoms with Crippen LogP contribution in [0.3, 0.4) is 0 Å². The standard InChI is InChI=1S/C12H25N3/c1-2-3-4-6-9-14-12(13)15-10-7-5-8-11-15/h2-11H2,1H3,(H2,13,14). The van der Waals surface area contributed by atoms with Crippen LogP contribution in [0.25, 0.3) is 0 Å². The Morgan fingerprint density at radius 1 is 1.13 bits per heavy atom. The van der Waals surface area contributed by atoms with Gasteiger partial charge in [0.1, 0.15) is 0 Å². The Morgan fingerprint density at radius 3 is 2.53 bits per heavy atom. The van der Waals surface area contributed by atoms with E-state index in [-0.39, 0.29) is 0 Å². The molecule has 1 fully saturated rings. The fourth-order valence-electron chi connectivity index (χ4n) is 1.96. The van der Waals surface area contributed by atoms with E-state index in [0.29, 0.717) is 0 Å². The van der Waals surface area contributed by atoms with Gasteiger partial charge in [0.25, 0.3) is 0 Å². The van der Waals surface area contributed by atoms with Crippen LogP contribution in [0.4, 0.5) is 0 Å². The van der Waals surface area contributed by atoms with Crippen molar-refractivity contribution >= 4 is 5.96 Å². The summed E-state index contributed by atoms with van der Waals surface area (Å²) >= 11 is 0. The van der Waals surface area contributed by atoms with Gasteiger partial charge in [-0.15, -0.1) is 0 Å². The van der Waals surface area contributed by atoms with Crippen LogP contribution in [-0.4, -0.2) is 30.5 Å². The van der Waals surface area contributed by atoms with E-state index >= 15 is 0 Å². The van der Waals surface area contributed by atoms with Gasteiger partial charge in [0.05, 0.1) is 0 Å². The second-order valence-electron chi connectivity index (χ2n) is 4.35. The highest BCUT2D eigenvalue weighted by molar-refractivity contribution is 5.78. The van der Waals surface area contributed by atoms with E-state index in [2.05, 4.69) is 16.8 Å². The van der Waals surface area contributed by atoms with Gasteiger partial charge in [-0.2, -0.15) is 0 Å². The summed E-state index contributed by atoms with van der Waals surface area (Å²) in [5.74, 6) is 0.770. The number of unbranched alkanes of at least 4 members (excludes halogenated alkanes) is 3. The maximum absolute atomic E-state index is 5.94. The molecule has 0 aliphatic carbocycles. The van der Waals surface area contributed by atoms with E-state index < -0.39 is 0 Å². The van der Waals surface area contributed by atoms with Crippen LogP contribution in [0.15, 0.2) is 4.99 Å². The molecule has 1 aliphatic rings. The van der Waals surface area contributed by atoms with Gasteiger partial charge in [0.2, 0.25) is 0 Å². The Labute approximate surface area is 93.7 Å². The van der Waals surface area contributed by atoms with Crippen LogP contribution in [0.5, 0.6) is 0 Å². The van der Waals surface area contributed by atoms with Crippen molar-refractivity contribution in [2.75, 3.05) is 19.6 Å².